The molecule has 2 heterocycles. The van der Waals surface area contributed by atoms with Gasteiger partial charge in [-0.2, -0.15) is 0 Å². The normalized spacial score (nSPS) is 14.6. The van der Waals surface area contributed by atoms with Gasteiger partial charge in [0.1, 0.15) is 17.2 Å². The Morgan fingerprint density at radius 3 is 1.41 bits per heavy atom. The highest BCUT2D eigenvalue weighted by atomic mass is 35.5. The van der Waals surface area contributed by atoms with Gasteiger partial charge in [0, 0.05) is 76.6 Å². The van der Waals surface area contributed by atoms with E-state index in [4.69, 9.17) is 4.74 Å². The standard InChI is InChI=1S/C27H36FN3O6S.C22H28FN3O4S.ClH/c1-6-38(34,35)31(19-22-11-10-21(17-24(22)28)25(32)36-5)23-9-7-8-20(16-23)18-29-12-14-30(15-13-29)26(33)37-27(2,3)4;1-3-31(28,29)26(16-19-8-7-18(14-21(19)23)22(27)30-2)20-6-4-5-17(13-20)15-25-11-9-24-10-12-25;/h7-11,16-17H,6,12-15,18-19H2,1-5H3;4-8,13-14,24H,3,9-12,15-16H2,1-2H3;1H. The van der Waals surface area contributed by atoms with Crippen molar-refractivity contribution in [2.24, 2.45) is 0 Å². The number of halogens is 3. The van der Waals surface area contributed by atoms with Gasteiger partial charge in [-0.05, 0) is 94.3 Å². The van der Waals surface area contributed by atoms with E-state index in [9.17, 15) is 40.0 Å². The number of esters is 2. The molecule has 4 aromatic carbocycles. The minimum Gasteiger partial charge on any atom is -0.465 e. The molecule has 2 aliphatic heterocycles. The number of ether oxygens (including phenoxy) is 3. The minimum absolute atomic E-state index is 0. The topological polar surface area (TPSA) is 175 Å². The zero-order valence-electron chi connectivity index (χ0n) is 40.8. The molecule has 0 aromatic heterocycles. The van der Waals surface area contributed by atoms with Crippen LogP contribution in [0.3, 0.4) is 0 Å². The van der Waals surface area contributed by atoms with Crippen molar-refractivity contribution in [3.05, 3.63) is 130 Å². The summed E-state index contributed by atoms with van der Waals surface area (Å²) in [4.78, 5) is 41.8. The first-order chi connectivity index (χ1) is 32.7. The molecule has 2 aliphatic rings. The van der Waals surface area contributed by atoms with Crippen LogP contribution in [0.4, 0.5) is 25.0 Å². The van der Waals surface area contributed by atoms with E-state index in [0.717, 1.165) is 56.0 Å². The van der Waals surface area contributed by atoms with Gasteiger partial charge in [-0.3, -0.25) is 18.4 Å². The van der Waals surface area contributed by atoms with Crippen LogP contribution in [0.25, 0.3) is 0 Å². The highest BCUT2D eigenvalue weighted by molar-refractivity contribution is 7.93. The molecule has 70 heavy (non-hydrogen) atoms. The quantitative estimate of drug-likeness (QED) is 0.0916. The number of nitrogens with one attached hydrogen (secondary N) is 1. The van der Waals surface area contributed by atoms with Crippen molar-refractivity contribution in [3.8, 4) is 0 Å². The van der Waals surface area contributed by atoms with E-state index in [1.807, 2.05) is 45.0 Å². The number of sulfonamides is 2. The summed E-state index contributed by atoms with van der Waals surface area (Å²) < 4.78 is 98.3. The van der Waals surface area contributed by atoms with Crippen molar-refractivity contribution in [2.75, 3.05) is 86.7 Å². The number of anilines is 2. The minimum atomic E-state index is -3.74. The Labute approximate surface area is 417 Å². The van der Waals surface area contributed by atoms with Gasteiger partial charge in [0.05, 0.1) is 61.3 Å². The molecule has 16 nitrogen and oxygen atoms in total. The highest BCUT2D eigenvalue weighted by Gasteiger charge is 2.28. The zero-order valence-corrected chi connectivity index (χ0v) is 43.2. The number of amides is 1. The predicted octanol–water partition coefficient (Wildman–Crippen LogP) is 6.82. The monoisotopic (exact) mass is 1030 g/mol. The average Bonchev–Trinajstić information content (AvgIpc) is 3.32. The molecule has 0 aliphatic carbocycles. The van der Waals surface area contributed by atoms with Gasteiger partial charge in [0.25, 0.3) is 0 Å². The second-order valence-corrected chi connectivity index (χ2v) is 21.9. The predicted molar refractivity (Wildman–Crippen MR) is 268 cm³/mol. The molecule has 4 aromatic rings. The van der Waals surface area contributed by atoms with E-state index >= 15 is 0 Å². The lowest BCUT2D eigenvalue weighted by atomic mass is 10.1. The number of methoxy groups -OCH3 is 2. The Bertz CT molecular complexity index is 2640. The summed E-state index contributed by atoms with van der Waals surface area (Å²) in [6.07, 6.45) is -0.327. The van der Waals surface area contributed by atoms with Crippen LogP contribution in [-0.4, -0.2) is 133 Å². The van der Waals surface area contributed by atoms with Gasteiger partial charge in [0.2, 0.25) is 20.0 Å². The fourth-order valence-corrected chi connectivity index (χ4v) is 9.75. The third kappa shape index (κ3) is 16.1. The molecule has 0 atom stereocenters. The molecule has 384 valence electrons. The highest BCUT2D eigenvalue weighted by Crippen LogP contribution is 2.27. The lowest BCUT2D eigenvalue weighted by molar-refractivity contribution is 0.0138. The second kappa shape index (κ2) is 25.7. The van der Waals surface area contributed by atoms with Gasteiger partial charge in [-0.15, -0.1) is 12.4 Å². The third-order valence-corrected chi connectivity index (χ3v) is 14.9. The van der Waals surface area contributed by atoms with Crippen molar-refractivity contribution in [1.82, 2.24) is 20.0 Å². The first-order valence-corrected chi connectivity index (χ1v) is 25.9. The maximum absolute atomic E-state index is 14.8. The van der Waals surface area contributed by atoms with Gasteiger partial charge in [-0.25, -0.2) is 40.0 Å². The summed E-state index contributed by atoms with van der Waals surface area (Å²) in [6.45, 7) is 15.6. The number of hydrogen-bond acceptors (Lipinski definition) is 13. The van der Waals surface area contributed by atoms with Crippen LogP contribution in [-0.2, 0) is 60.4 Å². The third-order valence-electron chi connectivity index (χ3n) is 11.4. The van der Waals surface area contributed by atoms with Gasteiger partial charge < -0.3 is 24.4 Å². The summed E-state index contributed by atoms with van der Waals surface area (Å²) in [6, 6.07) is 22.3. The number of benzene rings is 4. The Kier molecular flexibility index (Phi) is 21.0. The van der Waals surface area contributed by atoms with Crippen molar-refractivity contribution in [2.45, 2.75) is 66.4 Å². The molecule has 2 saturated heterocycles. The number of nitrogens with zero attached hydrogens (tertiary/aromatic N) is 5. The lowest BCUT2D eigenvalue weighted by Crippen LogP contribution is -2.49. The van der Waals surface area contributed by atoms with Gasteiger partial charge in [0.15, 0.2) is 0 Å². The van der Waals surface area contributed by atoms with E-state index in [-0.39, 0.29) is 65.3 Å². The van der Waals surface area contributed by atoms with Gasteiger partial charge in [-0.1, -0.05) is 36.4 Å². The van der Waals surface area contributed by atoms with E-state index < -0.39 is 49.2 Å². The molecular weight excluding hydrogens is 970 g/mol. The molecule has 0 spiro atoms. The average molecular weight is 1040 g/mol. The first kappa shape index (κ1) is 57.2. The van der Waals surface area contributed by atoms with E-state index in [2.05, 4.69) is 24.6 Å². The molecular formula is C49H65ClF2N6O10S2. The maximum atomic E-state index is 14.8. The summed E-state index contributed by atoms with van der Waals surface area (Å²) in [5.74, 6) is -2.95. The molecule has 0 bridgehead atoms. The number of hydrogen-bond donors (Lipinski definition) is 1. The number of rotatable bonds is 16. The first-order valence-electron chi connectivity index (χ1n) is 22.7. The molecule has 0 radical (unpaired) electrons. The zero-order chi connectivity index (χ0) is 50.5. The second-order valence-electron chi connectivity index (χ2n) is 17.5. The summed E-state index contributed by atoms with van der Waals surface area (Å²) in [5, 5.41) is 3.31. The van der Waals surface area contributed by atoms with Crippen molar-refractivity contribution in [3.63, 3.8) is 0 Å². The SMILES string of the molecule is CCS(=O)(=O)N(Cc1ccc(C(=O)OC)cc1F)c1cccc(CN2CCN(C(=O)OC(C)(C)C)CC2)c1.CCS(=O)(=O)N(Cc1ccc(C(=O)OC)cc1F)c1cccc(CN2CCNCC2)c1.Cl. The summed E-state index contributed by atoms with van der Waals surface area (Å²) >= 11 is 0. The van der Waals surface area contributed by atoms with Gasteiger partial charge >= 0.3 is 18.0 Å². The van der Waals surface area contributed by atoms with E-state index in [1.54, 1.807) is 36.1 Å². The van der Waals surface area contributed by atoms with Crippen LogP contribution in [0.1, 0.15) is 77.6 Å². The Balaban J connectivity index is 0.000000306. The Morgan fingerprint density at radius 2 is 1.04 bits per heavy atom. The molecule has 0 saturated carbocycles. The van der Waals surface area contributed by atoms with Crippen LogP contribution in [0.5, 0.6) is 0 Å². The molecule has 21 heteroatoms. The van der Waals surface area contributed by atoms with Crippen molar-refractivity contribution in [1.29, 1.82) is 0 Å². The summed E-state index contributed by atoms with van der Waals surface area (Å²) in [7, 11) is -4.97. The van der Waals surface area contributed by atoms with Crippen LogP contribution in [0.2, 0.25) is 0 Å². The fourth-order valence-electron chi connectivity index (χ4n) is 7.58. The van der Waals surface area contributed by atoms with Crippen LogP contribution in [0.15, 0.2) is 84.9 Å². The Hall–Kier alpha value is -5.38. The van der Waals surface area contributed by atoms with E-state index in [0.29, 0.717) is 44.1 Å². The van der Waals surface area contributed by atoms with Crippen molar-refractivity contribution < 1.29 is 54.2 Å². The van der Waals surface area contributed by atoms with Crippen LogP contribution >= 0.6 is 12.4 Å². The smallest absolute Gasteiger partial charge is 0.410 e. The summed E-state index contributed by atoms with van der Waals surface area (Å²) in [5.41, 5.74) is 2.70. The number of carbonyl (C=O) groups excluding carboxylic acids is 3. The van der Waals surface area contributed by atoms with Crippen molar-refractivity contribution >= 4 is 61.9 Å². The van der Waals surface area contributed by atoms with Crippen LogP contribution < -0.4 is 13.9 Å². The molecule has 1 amide bonds. The molecule has 0 unspecified atom stereocenters. The molecule has 6 rings (SSSR count). The fraction of sp³-hybridized carbons (Fsp3) is 0.449. The Morgan fingerprint density at radius 1 is 0.629 bits per heavy atom. The maximum Gasteiger partial charge on any atom is 0.410 e. The molecule has 1 N–H and O–H groups in total. The number of piperazine rings is 2. The number of carbonyl (C=O) groups is 3. The largest absolute Gasteiger partial charge is 0.465 e. The molecule has 2 fully saturated rings. The van der Waals surface area contributed by atoms with Crippen LogP contribution in [0, 0.1) is 11.6 Å². The van der Waals surface area contributed by atoms with E-state index in [1.165, 1.54) is 54.0 Å². The lowest BCUT2D eigenvalue weighted by Gasteiger charge is -2.35.